The van der Waals surface area contributed by atoms with E-state index in [0.29, 0.717) is 6.04 Å². The van der Waals surface area contributed by atoms with Crippen LogP contribution in [-0.2, 0) is 6.42 Å². The second kappa shape index (κ2) is 7.16. The molecule has 3 rings (SSSR count). The molecule has 2 aromatic rings. The molecule has 22 heavy (non-hydrogen) atoms. The van der Waals surface area contributed by atoms with Crippen molar-refractivity contribution in [2.75, 3.05) is 13.1 Å². The van der Waals surface area contributed by atoms with E-state index in [-0.39, 0.29) is 0 Å². The topological polar surface area (TPSA) is 52.2 Å². The first kappa shape index (κ1) is 14.7. The molecule has 4 heteroatoms. The molecule has 116 valence electrons. The number of aromatic nitrogens is 1. The van der Waals surface area contributed by atoms with Crippen LogP contribution in [0.15, 0.2) is 47.6 Å². The van der Waals surface area contributed by atoms with Crippen LogP contribution in [0.4, 0.5) is 0 Å². The molecule has 0 unspecified atom stereocenters. The lowest BCUT2D eigenvalue weighted by Crippen LogP contribution is -2.42. The van der Waals surface area contributed by atoms with Crippen molar-refractivity contribution in [3.63, 3.8) is 0 Å². The predicted molar refractivity (Wildman–Crippen MR) is 93.3 cm³/mol. The Kier molecular flexibility index (Phi) is 4.78. The van der Waals surface area contributed by atoms with Gasteiger partial charge in [0.25, 0.3) is 0 Å². The number of fused-ring (bicyclic) bond motifs is 1. The zero-order valence-corrected chi connectivity index (χ0v) is 13.1. The van der Waals surface area contributed by atoms with Crippen LogP contribution in [0.5, 0.6) is 0 Å². The summed E-state index contributed by atoms with van der Waals surface area (Å²) in [5.41, 5.74) is 2.53. The number of hydrogen-bond acceptors (Lipinski definition) is 1. The van der Waals surface area contributed by atoms with Gasteiger partial charge in [0.05, 0.1) is 0 Å². The number of aliphatic imine (C=N–C) groups is 1. The third kappa shape index (κ3) is 3.50. The van der Waals surface area contributed by atoms with Gasteiger partial charge in [0, 0.05) is 36.2 Å². The number of H-pyrrole nitrogens is 1. The molecule has 0 saturated carbocycles. The molecule has 0 radical (unpaired) electrons. The Labute approximate surface area is 131 Å². The van der Waals surface area contributed by atoms with Crippen LogP contribution in [0.25, 0.3) is 10.9 Å². The van der Waals surface area contributed by atoms with Crippen LogP contribution in [0.2, 0.25) is 0 Å². The van der Waals surface area contributed by atoms with Crippen LogP contribution in [0, 0.1) is 0 Å². The maximum absolute atomic E-state index is 4.71. The molecular weight excluding hydrogens is 272 g/mol. The molecule has 1 aromatic carbocycles. The summed E-state index contributed by atoms with van der Waals surface area (Å²) in [7, 11) is 0. The number of nitrogens with zero attached hydrogens (tertiary/aromatic N) is 1. The van der Waals surface area contributed by atoms with Crippen molar-refractivity contribution in [1.29, 1.82) is 0 Å². The van der Waals surface area contributed by atoms with E-state index in [9.17, 15) is 0 Å². The van der Waals surface area contributed by atoms with Crippen molar-refractivity contribution < 1.29 is 0 Å². The summed E-state index contributed by atoms with van der Waals surface area (Å²) in [6, 6.07) is 8.91. The number of guanidine groups is 1. The molecule has 4 nitrogen and oxygen atoms in total. The molecule has 1 heterocycles. The summed E-state index contributed by atoms with van der Waals surface area (Å²) in [6.07, 6.45) is 9.69. The summed E-state index contributed by atoms with van der Waals surface area (Å²) >= 11 is 0. The highest BCUT2D eigenvalue weighted by Gasteiger charge is 2.11. The fourth-order valence-corrected chi connectivity index (χ4v) is 2.88. The van der Waals surface area contributed by atoms with E-state index in [2.05, 4.69) is 65.2 Å². The van der Waals surface area contributed by atoms with Crippen molar-refractivity contribution in [3.8, 4) is 0 Å². The van der Waals surface area contributed by atoms with Crippen LogP contribution in [-0.4, -0.2) is 30.1 Å². The van der Waals surface area contributed by atoms with Crippen LogP contribution >= 0.6 is 0 Å². The lowest BCUT2D eigenvalue weighted by molar-refractivity contribution is 0.633. The van der Waals surface area contributed by atoms with Gasteiger partial charge in [-0.1, -0.05) is 30.4 Å². The highest BCUT2D eigenvalue weighted by molar-refractivity contribution is 5.83. The standard InChI is InChI=1S/C18H24N4/c1-2-19-18(22-15-7-3-4-8-15)20-12-11-14-13-21-17-10-6-5-9-16(14)17/h3-6,9-10,13,15,21H,2,7-8,11-12H2,1H3,(H2,19,20,22). The molecule has 0 spiro atoms. The summed E-state index contributed by atoms with van der Waals surface area (Å²) in [6.45, 7) is 3.78. The van der Waals surface area contributed by atoms with E-state index in [4.69, 9.17) is 4.99 Å². The smallest absolute Gasteiger partial charge is 0.191 e. The van der Waals surface area contributed by atoms with Crippen molar-refractivity contribution in [2.24, 2.45) is 4.99 Å². The number of aromatic amines is 1. The number of para-hydroxylation sites is 1. The summed E-state index contributed by atoms with van der Waals surface area (Å²) in [5, 5.41) is 8.13. The molecule has 0 atom stereocenters. The fraction of sp³-hybridized carbons (Fsp3) is 0.389. The first-order valence-corrected chi connectivity index (χ1v) is 8.11. The van der Waals surface area contributed by atoms with E-state index in [1.165, 1.54) is 16.5 Å². The van der Waals surface area contributed by atoms with Crippen LogP contribution in [0.3, 0.4) is 0 Å². The zero-order chi connectivity index (χ0) is 15.2. The van der Waals surface area contributed by atoms with E-state index in [1.807, 2.05) is 0 Å². The van der Waals surface area contributed by atoms with Gasteiger partial charge in [-0.15, -0.1) is 0 Å². The van der Waals surface area contributed by atoms with Gasteiger partial charge >= 0.3 is 0 Å². The molecule has 3 N–H and O–H groups in total. The van der Waals surface area contributed by atoms with Crippen molar-refractivity contribution in [3.05, 3.63) is 48.2 Å². The second-order valence-electron chi connectivity index (χ2n) is 5.65. The Hall–Kier alpha value is -2.23. The number of nitrogens with one attached hydrogen (secondary N) is 3. The Morgan fingerprint density at radius 2 is 2.09 bits per heavy atom. The first-order chi connectivity index (χ1) is 10.9. The molecule has 0 saturated heterocycles. The highest BCUT2D eigenvalue weighted by Crippen LogP contribution is 2.18. The maximum Gasteiger partial charge on any atom is 0.191 e. The van der Waals surface area contributed by atoms with E-state index >= 15 is 0 Å². The number of rotatable bonds is 5. The van der Waals surface area contributed by atoms with Crippen molar-refractivity contribution in [2.45, 2.75) is 32.2 Å². The van der Waals surface area contributed by atoms with Gasteiger partial charge in [-0.05, 0) is 37.8 Å². The summed E-state index contributed by atoms with van der Waals surface area (Å²) < 4.78 is 0. The Bertz CT molecular complexity index is 661. The third-order valence-corrected chi connectivity index (χ3v) is 4.02. The summed E-state index contributed by atoms with van der Waals surface area (Å²) in [5.74, 6) is 0.927. The molecule has 0 fully saturated rings. The van der Waals surface area contributed by atoms with Gasteiger partial charge in [-0.25, -0.2) is 0 Å². The van der Waals surface area contributed by atoms with E-state index < -0.39 is 0 Å². The molecule has 0 bridgehead atoms. The first-order valence-electron chi connectivity index (χ1n) is 8.11. The van der Waals surface area contributed by atoms with Gasteiger partial charge < -0.3 is 15.6 Å². The average Bonchev–Trinajstić information content (AvgIpc) is 3.18. The van der Waals surface area contributed by atoms with Gasteiger partial charge in [-0.3, -0.25) is 4.99 Å². The lowest BCUT2D eigenvalue weighted by Gasteiger charge is -2.16. The molecular formula is C18H24N4. The van der Waals surface area contributed by atoms with E-state index in [1.54, 1.807) is 0 Å². The molecule has 1 aromatic heterocycles. The largest absolute Gasteiger partial charge is 0.361 e. The Balaban J connectivity index is 1.60. The molecule has 1 aliphatic carbocycles. The SMILES string of the molecule is CCNC(=NCCc1c[nH]c2ccccc12)NC1CC=CC1. The zero-order valence-electron chi connectivity index (χ0n) is 13.1. The summed E-state index contributed by atoms with van der Waals surface area (Å²) in [4.78, 5) is 8.03. The number of hydrogen-bond donors (Lipinski definition) is 3. The van der Waals surface area contributed by atoms with Gasteiger partial charge in [0.15, 0.2) is 5.96 Å². The van der Waals surface area contributed by atoms with Gasteiger partial charge in [0.1, 0.15) is 0 Å². The van der Waals surface area contributed by atoms with Gasteiger partial charge in [-0.2, -0.15) is 0 Å². The predicted octanol–water partition coefficient (Wildman–Crippen LogP) is 2.98. The second-order valence-corrected chi connectivity index (χ2v) is 5.65. The fourth-order valence-electron chi connectivity index (χ4n) is 2.88. The maximum atomic E-state index is 4.71. The normalized spacial score (nSPS) is 15.6. The van der Waals surface area contributed by atoms with E-state index in [0.717, 1.165) is 38.3 Å². The minimum absolute atomic E-state index is 0.492. The third-order valence-electron chi connectivity index (χ3n) is 4.02. The molecule has 0 amide bonds. The quantitative estimate of drug-likeness (QED) is 0.451. The van der Waals surface area contributed by atoms with Gasteiger partial charge in [0.2, 0.25) is 0 Å². The van der Waals surface area contributed by atoms with Crippen molar-refractivity contribution in [1.82, 2.24) is 15.6 Å². The van der Waals surface area contributed by atoms with Crippen molar-refractivity contribution >= 4 is 16.9 Å². The van der Waals surface area contributed by atoms with Crippen LogP contribution < -0.4 is 10.6 Å². The molecule has 1 aliphatic rings. The Morgan fingerprint density at radius 1 is 1.27 bits per heavy atom. The number of benzene rings is 1. The monoisotopic (exact) mass is 296 g/mol. The minimum atomic E-state index is 0.492. The van der Waals surface area contributed by atoms with Crippen LogP contribution in [0.1, 0.15) is 25.3 Å². The molecule has 0 aliphatic heterocycles. The average molecular weight is 296 g/mol. The lowest BCUT2D eigenvalue weighted by atomic mass is 10.1. The Morgan fingerprint density at radius 3 is 2.91 bits per heavy atom. The minimum Gasteiger partial charge on any atom is -0.361 e. The highest BCUT2D eigenvalue weighted by atomic mass is 15.2.